The zero-order valence-electron chi connectivity index (χ0n) is 9.95. The number of methoxy groups -OCH3 is 2. The van der Waals surface area contributed by atoms with Gasteiger partial charge in [0.2, 0.25) is 0 Å². The first-order valence-electron chi connectivity index (χ1n) is 5.75. The van der Waals surface area contributed by atoms with Crippen molar-refractivity contribution >= 4 is 0 Å². The van der Waals surface area contributed by atoms with Crippen molar-refractivity contribution in [1.29, 1.82) is 0 Å². The summed E-state index contributed by atoms with van der Waals surface area (Å²) in [6, 6.07) is 4.11. The summed E-state index contributed by atoms with van der Waals surface area (Å²) in [5.74, 6) is 2.18. The topological polar surface area (TPSA) is 44.5 Å². The number of hydrogen-bond donors (Lipinski definition) is 1. The number of nitrogens with two attached hydrogens (primary N) is 1. The van der Waals surface area contributed by atoms with Crippen molar-refractivity contribution in [3.8, 4) is 11.5 Å². The SMILES string of the molecule is COc1ccc2c(c1OC)CCCC2CN. The lowest BCUT2D eigenvalue weighted by Crippen LogP contribution is -2.18. The first-order chi connectivity index (χ1) is 7.81. The largest absolute Gasteiger partial charge is 0.493 e. The fraction of sp³-hybridized carbons (Fsp3) is 0.538. The van der Waals surface area contributed by atoms with E-state index in [0.717, 1.165) is 17.9 Å². The highest BCUT2D eigenvalue weighted by atomic mass is 16.5. The number of ether oxygens (including phenoxy) is 2. The molecule has 3 heteroatoms. The molecule has 0 heterocycles. The van der Waals surface area contributed by atoms with Gasteiger partial charge in [0, 0.05) is 5.56 Å². The summed E-state index contributed by atoms with van der Waals surface area (Å²) >= 11 is 0. The van der Waals surface area contributed by atoms with E-state index in [9.17, 15) is 0 Å². The average Bonchev–Trinajstić information content (AvgIpc) is 2.36. The highest BCUT2D eigenvalue weighted by molar-refractivity contribution is 5.52. The van der Waals surface area contributed by atoms with Gasteiger partial charge in [-0.05, 0) is 43.4 Å². The second-order valence-corrected chi connectivity index (χ2v) is 4.19. The van der Waals surface area contributed by atoms with E-state index in [2.05, 4.69) is 6.07 Å². The van der Waals surface area contributed by atoms with Crippen molar-refractivity contribution in [2.75, 3.05) is 20.8 Å². The predicted molar refractivity (Wildman–Crippen MR) is 64.3 cm³/mol. The van der Waals surface area contributed by atoms with Crippen molar-refractivity contribution in [3.05, 3.63) is 23.3 Å². The van der Waals surface area contributed by atoms with E-state index in [1.165, 1.54) is 24.0 Å². The van der Waals surface area contributed by atoms with Crippen LogP contribution in [0.2, 0.25) is 0 Å². The lowest BCUT2D eigenvalue weighted by Gasteiger charge is -2.26. The third-order valence-electron chi connectivity index (χ3n) is 3.39. The Labute approximate surface area is 96.5 Å². The standard InChI is InChI=1S/C13H19NO2/c1-15-12-7-6-10-9(8-14)4-3-5-11(10)13(12)16-2/h6-7,9H,3-5,8,14H2,1-2H3. The van der Waals surface area contributed by atoms with Gasteiger partial charge in [-0.3, -0.25) is 0 Å². The van der Waals surface area contributed by atoms with Gasteiger partial charge in [0.15, 0.2) is 11.5 Å². The van der Waals surface area contributed by atoms with Crippen molar-refractivity contribution in [1.82, 2.24) is 0 Å². The Morgan fingerprint density at radius 1 is 1.31 bits per heavy atom. The van der Waals surface area contributed by atoms with E-state index in [4.69, 9.17) is 15.2 Å². The lowest BCUT2D eigenvalue weighted by molar-refractivity contribution is 0.348. The van der Waals surface area contributed by atoms with Crippen LogP contribution >= 0.6 is 0 Å². The fourth-order valence-electron chi connectivity index (χ4n) is 2.57. The number of rotatable bonds is 3. The molecule has 1 aromatic rings. The third kappa shape index (κ3) is 1.76. The van der Waals surface area contributed by atoms with Gasteiger partial charge in [-0.2, -0.15) is 0 Å². The van der Waals surface area contributed by atoms with Crippen LogP contribution in [0, 0.1) is 0 Å². The Hall–Kier alpha value is -1.22. The Kier molecular flexibility index (Phi) is 3.34. The lowest BCUT2D eigenvalue weighted by atomic mass is 9.82. The van der Waals surface area contributed by atoms with Crippen LogP contribution in [-0.2, 0) is 6.42 Å². The molecule has 1 aliphatic carbocycles. The van der Waals surface area contributed by atoms with E-state index >= 15 is 0 Å². The van der Waals surface area contributed by atoms with Gasteiger partial charge in [0.1, 0.15) is 0 Å². The second-order valence-electron chi connectivity index (χ2n) is 4.19. The summed E-state index contributed by atoms with van der Waals surface area (Å²) in [5.41, 5.74) is 8.43. The Bertz CT molecular complexity index is 376. The first kappa shape index (κ1) is 11.3. The minimum Gasteiger partial charge on any atom is -0.493 e. The van der Waals surface area contributed by atoms with Gasteiger partial charge in [-0.15, -0.1) is 0 Å². The predicted octanol–water partition coefficient (Wildman–Crippen LogP) is 2.08. The van der Waals surface area contributed by atoms with Gasteiger partial charge < -0.3 is 15.2 Å². The molecule has 1 aromatic carbocycles. The van der Waals surface area contributed by atoms with Crippen molar-refractivity contribution in [3.63, 3.8) is 0 Å². The summed E-state index contributed by atoms with van der Waals surface area (Å²) in [5, 5.41) is 0. The Morgan fingerprint density at radius 2 is 2.12 bits per heavy atom. The van der Waals surface area contributed by atoms with Gasteiger partial charge in [0.05, 0.1) is 14.2 Å². The molecule has 16 heavy (non-hydrogen) atoms. The zero-order valence-corrected chi connectivity index (χ0v) is 9.95. The summed E-state index contributed by atoms with van der Waals surface area (Å²) in [4.78, 5) is 0. The van der Waals surface area contributed by atoms with E-state index < -0.39 is 0 Å². The molecule has 1 unspecified atom stereocenters. The normalized spacial score (nSPS) is 19.1. The molecular weight excluding hydrogens is 202 g/mol. The monoisotopic (exact) mass is 221 g/mol. The maximum atomic E-state index is 5.81. The Balaban J connectivity index is 2.50. The number of hydrogen-bond acceptors (Lipinski definition) is 3. The zero-order chi connectivity index (χ0) is 11.5. The highest BCUT2D eigenvalue weighted by Gasteiger charge is 2.23. The molecule has 0 radical (unpaired) electrons. The first-order valence-corrected chi connectivity index (χ1v) is 5.75. The van der Waals surface area contributed by atoms with Crippen LogP contribution in [0.5, 0.6) is 11.5 Å². The van der Waals surface area contributed by atoms with Crippen molar-refractivity contribution in [2.45, 2.75) is 25.2 Å². The average molecular weight is 221 g/mol. The van der Waals surface area contributed by atoms with Crippen molar-refractivity contribution < 1.29 is 9.47 Å². The van der Waals surface area contributed by atoms with Crippen LogP contribution in [0.25, 0.3) is 0 Å². The molecule has 0 fully saturated rings. The molecule has 2 N–H and O–H groups in total. The molecular formula is C13H19NO2. The molecule has 0 amide bonds. The molecule has 0 aliphatic heterocycles. The van der Waals surface area contributed by atoms with Gasteiger partial charge in [0.25, 0.3) is 0 Å². The van der Waals surface area contributed by atoms with Gasteiger partial charge in [-0.1, -0.05) is 6.07 Å². The minimum absolute atomic E-state index is 0.476. The number of fused-ring (bicyclic) bond motifs is 1. The fourth-order valence-corrected chi connectivity index (χ4v) is 2.57. The molecule has 1 aliphatic rings. The van der Waals surface area contributed by atoms with Gasteiger partial charge >= 0.3 is 0 Å². The summed E-state index contributed by atoms with van der Waals surface area (Å²) in [6.45, 7) is 0.711. The molecule has 1 atom stereocenters. The second kappa shape index (κ2) is 4.74. The molecule has 0 bridgehead atoms. The molecule has 88 valence electrons. The number of benzene rings is 1. The van der Waals surface area contributed by atoms with E-state index in [-0.39, 0.29) is 0 Å². The smallest absolute Gasteiger partial charge is 0.164 e. The molecule has 0 spiro atoms. The van der Waals surface area contributed by atoms with Crippen LogP contribution in [0.3, 0.4) is 0 Å². The van der Waals surface area contributed by atoms with Gasteiger partial charge in [-0.25, -0.2) is 0 Å². The third-order valence-corrected chi connectivity index (χ3v) is 3.39. The quantitative estimate of drug-likeness (QED) is 0.850. The highest BCUT2D eigenvalue weighted by Crippen LogP contribution is 2.41. The maximum absolute atomic E-state index is 5.81. The van der Waals surface area contributed by atoms with E-state index in [1.807, 2.05) is 6.07 Å². The summed E-state index contributed by atoms with van der Waals surface area (Å²) in [6.07, 6.45) is 3.42. The van der Waals surface area contributed by atoms with Crippen LogP contribution in [0.1, 0.15) is 29.9 Å². The van der Waals surface area contributed by atoms with Crippen LogP contribution in [0.15, 0.2) is 12.1 Å². The van der Waals surface area contributed by atoms with Crippen molar-refractivity contribution in [2.24, 2.45) is 5.73 Å². The van der Waals surface area contributed by atoms with Crippen LogP contribution in [-0.4, -0.2) is 20.8 Å². The maximum Gasteiger partial charge on any atom is 0.164 e. The van der Waals surface area contributed by atoms with E-state index in [0.29, 0.717) is 12.5 Å². The molecule has 0 saturated heterocycles. The molecule has 3 nitrogen and oxygen atoms in total. The molecule has 0 saturated carbocycles. The van der Waals surface area contributed by atoms with Crippen LogP contribution < -0.4 is 15.2 Å². The summed E-state index contributed by atoms with van der Waals surface area (Å²) < 4.78 is 10.8. The summed E-state index contributed by atoms with van der Waals surface area (Å²) in [7, 11) is 3.37. The van der Waals surface area contributed by atoms with Crippen LogP contribution in [0.4, 0.5) is 0 Å². The molecule has 2 rings (SSSR count). The minimum atomic E-state index is 0.476. The Morgan fingerprint density at radius 3 is 2.75 bits per heavy atom. The van der Waals surface area contributed by atoms with E-state index in [1.54, 1.807) is 14.2 Å². The molecule has 0 aromatic heterocycles.